The summed E-state index contributed by atoms with van der Waals surface area (Å²) in [5, 5.41) is 14.3. The molecule has 1 aromatic rings. The van der Waals surface area contributed by atoms with Gasteiger partial charge in [0.15, 0.2) is 0 Å². The molecular formula is C13H17BrN2O3. The molecule has 1 aromatic carbocycles. The summed E-state index contributed by atoms with van der Waals surface area (Å²) in [5.41, 5.74) is -0.0895. The Morgan fingerprint density at radius 2 is 2.05 bits per heavy atom. The molecule has 104 valence electrons. The van der Waals surface area contributed by atoms with Crippen LogP contribution in [-0.2, 0) is 0 Å². The third-order valence-corrected chi connectivity index (χ3v) is 4.38. The van der Waals surface area contributed by atoms with E-state index in [4.69, 9.17) is 0 Å². The second kappa shape index (κ2) is 6.65. The van der Waals surface area contributed by atoms with Crippen LogP contribution in [0.5, 0.6) is 0 Å². The summed E-state index contributed by atoms with van der Waals surface area (Å²) in [4.78, 5) is 22.3. The van der Waals surface area contributed by atoms with Crippen LogP contribution in [0, 0.1) is 10.1 Å². The van der Waals surface area contributed by atoms with Gasteiger partial charge in [0.05, 0.1) is 4.92 Å². The van der Waals surface area contributed by atoms with Gasteiger partial charge in [-0.25, -0.2) is 0 Å². The Kier molecular flexibility index (Phi) is 5.47. The summed E-state index contributed by atoms with van der Waals surface area (Å²) in [6, 6.07) is 5.75. The van der Waals surface area contributed by atoms with Gasteiger partial charge in [-0.3, -0.25) is 14.9 Å². The molecule has 0 heterocycles. The predicted octanol–water partition coefficient (Wildman–Crippen LogP) is 3.28. The minimum absolute atomic E-state index is 0.0786. The maximum atomic E-state index is 12.2. The van der Waals surface area contributed by atoms with E-state index in [0.29, 0.717) is 10.9 Å². The number of nitrogens with zero attached hydrogens (tertiary/aromatic N) is 1. The van der Waals surface area contributed by atoms with E-state index in [1.165, 1.54) is 18.2 Å². The summed E-state index contributed by atoms with van der Waals surface area (Å²) >= 11 is 3.41. The quantitative estimate of drug-likeness (QED) is 0.494. The third kappa shape index (κ3) is 3.76. The zero-order valence-corrected chi connectivity index (χ0v) is 12.6. The molecule has 0 aromatic heterocycles. The number of non-ortho nitro benzene ring substituents is 1. The molecule has 0 atom stereocenters. The molecule has 0 saturated carbocycles. The topological polar surface area (TPSA) is 72.2 Å². The fourth-order valence-electron chi connectivity index (χ4n) is 1.72. The number of benzene rings is 1. The molecule has 0 saturated heterocycles. The molecule has 0 bridgehead atoms. The van der Waals surface area contributed by atoms with E-state index in [0.717, 1.165) is 12.8 Å². The largest absolute Gasteiger partial charge is 0.346 e. The number of hydrogen-bond donors (Lipinski definition) is 1. The number of carbonyl (C=O) groups excluding carboxylic acids is 1. The van der Waals surface area contributed by atoms with Gasteiger partial charge in [0.2, 0.25) is 0 Å². The normalized spacial score (nSPS) is 11.1. The van der Waals surface area contributed by atoms with Gasteiger partial charge < -0.3 is 5.32 Å². The van der Waals surface area contributed by atoms with Crippen molar-refractivity contribution in [1.82, 2.24) is 5.32 Å². The van der Waals surface area contributed by atoms with Gasteiger partial charge in [-0.2, -0.15) is 0 Å². The number of carbonyl (C=O) groups is 1. The van der Waals surface area contributed by atoms with Crippen molar-refractivity contribution in [1.29, 1.82) is 0 Å². The number of nitrogens with one attached hydrogen (secondary N) is 1. The molecule has 0 aliphatic rings. The highest BCUT2D eigenvalue weighted by Crippen LogP contribution is 2.20. The van der Waals surface area contributed by atoms with E-state index in [-0.39, 0.29) is 17.1 Å². The average molecular weight is 329 g/mol. The van der Waals surface area contributed by atoms with Crippen LogP contribution < -0.4 is 5.32 Å². The Morgan fingerprint density at radius 3 is 2.53 bits per heavy atom. The molecule has 0 spiro atoms. The average Bonchev–Trinajstić information content (AvgIpc) is 2.45. The predicted molar refractivity (Wildman–Crippen MR) is 77.7 cm³/mol. The Bertz CT molecular complexity index is 464. The van der Waals surface area contributed by atoms with Crippen molar-refractivity contribution >= 4 is 27.5 Å². The van der Waals surface area contributed by atoms with Crippen LogP contribution >= 0.6 is 15.9 Å². The van der Waals surface area contributed by atoms with Crippen LogP contribution in [0.1, 0.15) is 37.0 Å². The lowest BCUT2D eigenvalue weighted by molar-refractivity contribution is -0.384. The van der Waals surface area contributed by atoms with E-state index in [1.807, 2.05) is 13.8 Å². The number of halogens is 1. The molecular weight excluding hydrogens is 312 g/mol. The van der Waals surface area contributed by atoms with Crippen LogP contribution in [0.15, 0.2) is 24.3 Å². The third-order valence-electron chi connectivity index (χ3n) is 3.31. The zero-order valence-electron chi connectivity index (χ0n) is 11.0. The van der Waals surface area contributed by atoms with Gasteiger partial charge in [0, 0.05) is 28.6 Å². The number of hydrogen-bond acceptors (Lipinski definition) is 3. The monoisotopic (exact) mass is 328 g/mol. The summed E-state index contributed by atoms with van der Waals surface area (Å²) in [6.45, 7) is 4.00. The standard InChI is InChI=1S/C13H17BrN2O3/c1-3-13(4-2,9-14)15-12(17)10-6-5-7-11(8-10)16(18)19/h5-8H,3-4,9H2,1-2H3,(H,15,17). The van der Waals surface area contributed by atoms with Gasteiger partial charge in [-0.15, -0.1) is 0 Å². The van der Waals surface area contributed by atoms with Crippen LogP contribution in [-0.4, -0.2) is 21.7 Å². The van der Waals surface area contributed by atoms with Crippen molar-refractivity contribution < 1.29 is 9.72 Å². The number of nitro benzene ring substituents is 1. The summed E-state index contributed by atoms with van der Waals surface area (Å²) in [5.74, 6) is -0.285. The summed E-state index contributed by atoms with van der Waals surface area (Å²) in [7, 11) is 0. The lowest BCUT2D eigenvalue weighted by Crippen LogP contribution is -2.49. The lowest BCUT2D eigenvalue weighted by Gasteiger charge is -2.30. The fourth-order valence-corrected chi connectivity index (χ4v) is 2.66. The van der Waals surface area contributed by atoms with Crippen molar-refractivity contribution in [3.63, 3.8) is 0 Å². The second-order valence-corrected chi connectivity index (χ2v) is 4.94. The highest BCUT2D eigenvalue weighted by molar-refractivity contribution is 9.09. The van der Waals surface area contributed by atoms with Crippen molar-refractivity contribution in [2.24, 2.45) is 0 Å². The first-order chi connectivity index (χ1) is 8.98. The molecule has 0 aliphatic heterocycles. The summed E-state index contributed by atoms with van der Waals surface area (Å²) < 4.78 is 0. The molecule has 1 rings (SSSR count). The number of alkyl halides is 1. The van der Waals surface area contributed by atoms with E-state index in [9.17, 15) is 14.9 Å². The molecule has 0 aliphatic carbocycles. The van der Waals surface area contributed by atoms with Crippen molar-refractivity contribution in [2.45, 2.75) is 32.2 Å². The molecule has 0 unspecified atom stereocenters. The molecule has 19 heavy (non-hydrogen) atoms. The molecule has 6 heteroatoms. The Balaban J connectivity index is 2.94. The smallest absolute Gasteiger partial charge is 0.270 e. The first kappa shape index (κ1) is 15.6. The molecule has 0 radical (unpaired) electrons. The van der Waals surface area contributed by atoms with E-state index >= 15 is 0 Å². The number of amides is 1. The molecule has 1 amide bonds. The van der Waals surface area contributed by atoms with Crippen LogP contribution in [0.4, 0.5) is 5.69 Å². The Morgan fingerprint density at radius 1 is 1.42 bits per heavy atom. The summed E-state index contributed by atoms with van der Waals surface area (Å²) in [6.07, 6.45) is 1.57. The van der Waals surface area contributed by atoms with E-state index in [1.54, 1.807) is 6.07 Å². The van der Waals surface area contributed by atoms with Gasteiger partial charge in [-0.1, -0.05) is 35.8 Å². The fraction of sp³-hybridized carbons (Fsp3) is 0.462. The molecule has 0 fully saturated rings. The SMILES string of the molecule is CCC(CC)(CBr)NC(=O)c1cccc([N+](=O)[O-])c1. The van der Waals surface area contributed by atoms with Crippen LogP contribution in [0.2, 0.25) is 0 Å². The maximum Gasteiger partial charge on any atom is 0.270 e. The number of rotatable bonds is 6. The second-order valence-electron chi connectivity index (χ2n) is 4.38. The van der Waals surface area contributed by atoms with Crippen molar-refractivity contribution in [2.75, 3.05) is 5.33 Å². The molecule has 1 N–H and O–H groups in total. The van der Waals surface area contributed by atoms with E-state index < -0.39 is 4.92 Å². The van der Waals surface area contributed by atoms with Crippen molar-refractivity contribution in [3.05, 3.63) is 39.9 Å². The first-order valence-corrected chi connectivity index (χ1v) is 7.23. The zero-order chi connectivity index (χ0) is 14.5. The van der Waals surface area contributed by atoms with Gasteiger partial charge in [0.25, 0.3) is 11.6 Å². The van der Waals surface area contributed by atoms with Gasteiger partial charge in [-0.05, 0) is 18.9 Å². The highest BCUT2D eigenvalue weighted by atomic mass is 79.9. The first-order valence-electron chi connectivity index (χ1n) is 6.11. The molecule has 5 nitrogen and oxygen atoms in total. The Labute approximate surface area is 120 Å². The number of nitro groups is 1. The van der Waals surface area contributed by atoms with Gasteiger partial charge >= 0.3 is 0 Å². The minimum atomic E-state index is -0.506. The van der Waals surface area contributed by atoms with Crippen LogP contribution in [0.25, 0.3) is 0 Å². The highest BCUT2D eigenvalue weighted by Gasteiger charge is 2.27. The lowest BCUT2D eigenvalue weighted by atomic mass is 9.95. The Hall–Kier alpha value is -1.43. The van der Waals surface area contributed by atoms with E-state index in [2.05, 4.69) is 21.2 Å². The van der Waals surface area contributed by atoms with Crippen LogP contribution in [0.3, 0.4) is 0 Å². The maximum absolute atomic E-state index is 12.2. The van der Waals surface area contributed by atoms with Gasteiger partial charge in [0.1, 0.15) is 0 Å². The van der Waals surface area contributed by atoms with Crippen molar-refractivity contribution in [3.8, 4) is 0 Å². The minimum Gasteiger partial charge on any atom is -0.346 e.